The van der Waals surface area contributed by atoms with Crippen LogP contribution >= 0.6 is 0 Å². The molecule has 3 heteroatoms. The van der Waals surface area contributed by atoms with Crippen LogP contribution in [0.15, 0.2) is 24.3 Å². The Balaban J connectivity index is 1.42. The molecule has 0 spiro atoms. The molecule has 2 fully saturated rings. The van der Waals surface area contributed by atoms with E-state index >= 15 is 0 Å². The van der Waals surface area contributed by atoms with Crippen molar-refractivity contribution in [3.8, 4) is 0 Å². The van der Waals surface area contributed by atoms with Crippen LogP contribution in [0.2, 0.25) is 0 Å². The van der Waals surface area contributed by atoms with Crippen LogP contribution in [-0.4, -0.2) is 24.5 Å². The highest BCUT2D eigenvalue weighted by Crippen LogP contribution is 2.33. The quantitative estimate of drug-likeness (QED) is 0.878. The maximum absolute atomic E-state index is 12.3. The highest BCUT2D eigenvalue weighted by molar-refractivity contribution is 5.82. The minimum Gasteiger partial charge on any atom is -0.354 e. The minimum absolute atomic E-state index is 0.0376. The second kappa shape index (κ2) is 7.28. The number of hydrogen-bond acceptors (Lipinski definition) is 2. The molecule has 0 radical (unpaired) electrons. The standard InChI is InChI=1S/C19H28N2O/c1-2-14-7-9-15(10-8-14)11-12-20-19(22)18-13-16-5-3-4-6-17(16)21-18/h7-10,16-18,21H,2-6,11-13H2,1H3,(H,20,22). The van der Waals surface area contributed by atoms with Crippen LogP contribution < -0.4 is 10.6 Å². The van der Waals surface area contributed by atoms with Gasteiger partial charge in [-0.05, 0) is 49.1 Å². The molecule has 1 aliphatic heterocycles. The van der Waals surface area contributed by atoms with E-state index in [0.717, 1.165) is 31.7 Å². The van der Waals surface area contributed by atoms with Gasteiger partial charge < -0.3 is 10.6 Å². The van der Waals surface area contributed by atoms with Gasteiger partial charge in [-0.1, -0.05) is 44.0 Å². The molecule has 1 aromatic rings. The number of aryl methyl sites for hydroxylation is 1. The monoisotopic (exact) mass is 300 g/mol. The number of amides is 1. The normalized spacial score (nSPS) is 27.4. The van der Waals surface area contributed by atoms with E-state index in [2.05, 4.69) is 41.8 Å². The third-order valence-corrected chi connectivity index (χ3v) is 5.32. The number of carbonyl (C=O) groups is 1. The van der Waals surface area contributed by atoms with Crippen molar-refractivity contribution in [2.24, 2.45) is 5.92 Å². The molecule has 1 aromatic carbocycles. The summed E-state index contributed by atoms with van der Waals surface area (Å²) in [5, 5.41) is 6.65. The van der Waals surface area contributed by atoms with Crippen LogP contribution in [-0.2, 0) is 17.6 Å². The Kier molecular flexibility index (Phi) is 5.14. The summed E-state index contributed by atoms with van der Waals surface area (Å²) < 4.78 is 0. The summed E-state index contributed by atoms with van der Waals surface area (Å²) in [6.45, 7) is 2.90. The average molecular weight is 300 g/mol. The maximum Gasteiger partial charge on any atom is 0.237 e. The molecule has 3 unspecified atom stereocenters. The second-order valence-electron chi connectivity index (χ2n) is 6.82. The summed E-state index contributed by atoms with van der Waals surface area (Å²) in [4.78, 5) is 12.3. The summed E-state index contributed by atoms with van der Waals surface area (Å²) in [5.41, 5.74) is 2.66. The third kappa shape index (κ3) is 3.70. The molecule has 120 valence electrons. The van der Waals surface area contributed by atoms with Crippen molar-refractivity contribution in [1.82, 2.24) is 10.6 Å². The van der Waals surface area contributed by atoms with E-state index < -0.39 is 0 Å². The lowest BCUT2D eigenvalue weighted by atomic mass is 9.85. The molecule has 22 heavy (non-hydrogen) atoms. The van der Waals surface area contributed by atoms with Gasteiger partial charge in [0.1, 0.15) is 0 Å². The van der Waals surface area contributed by atoms with E-state index in [-0.39, 0.29) is 11.9 Å². The molecular formula is C19H28N2O. The first-order valence-corrected chi connectivity index (χ1v) is 8.88. The Morgan fingerprint density at radius 1 is 1.18 bits per heavy atom. The van der Waals surface area contributed by atoms with E-state index in [1.807, 2.05) is 0 Å². The van der Waals surface area contributed by atoms with Crippen molar-refractivity contribution in [3.63, 3.8) is 0 Å². The van der Waals surface area contributed by atoms with E-state index in [0.29, 0.717) is 6.04 Å². The molecule has 1 aliphatic carbocycles. The van der Waals surface area contributed by atoms with Gasteiger partial charge >= 0.3 is 0 Å². The Morgan fingerprint density at radius 3 is 2.64 bits per heavy atom. The van der Waals surface area contributed by atoms with Crippen molar-refractivity contribution >= 4 is 5.91 Å². The lowest BCUT2D eigenvalue weighted by molar-refractivity contribution is -0.122. The summed E-state index contributed by atoms with van der Waals surface area (Å²) in [5.74, 6) is 0.922. The van der Waals surface area contributed by atoms with Gasteiger partial charge in [0.05, 0.1) is 6.04 Å². The molecule has 1 saturated heterocycles. The first kappa shape index (κ1) is 15.5. The van der Waals surface area contributed by atoms with E-state index in [9.17, 15) is 4.79 Å². The fraction of sp³-hybridized carbons (Fsp3) is 0.632. The van der Waals surface area contributed by atoms with Gasteiger partial charge in [-0.15, -0.1) is 0 Å². The molecular weight excluding hydrogens is 272 g/mol. The minimum atomic E-state index is 0.0376. The SMILES string of the molecule is CCc1ccc(CCNC(=O)C2CC3CCCCC3N2)cc1. The van der Waals surface area contributed by atoms with Crippen LogP contribution in [0.1, 0.15) is 50.2 Å². The number of benzene rings is 1. The van der Waals surface area contributed by atoms with Crippen LogP contribution in [0.25, 0.3) is 0 Å². The zero-order valence-corrected chi connectivity index (χ0v) is 13.6. The van der Waals surface area contributed by atoms with Gasteiger partial charge in [0.2, 0.25) is 5.91 Å². The van der Waals surface area contributed by atoms with Crippen molar-refractivity contribution in [2.45, 2.75) is 64.0 Å². The van der Waals surface area contributed by atoms with E-state index in [1.54, 1.807) is 0 Å². The predicted octanol–water partition coefficient (Wildman–Crippen LogP) is 2.83. The lowest BCUT2D eigenvalue weighted by Gasteiger charge is -2.24. The average Bonchev–Trinajstić information content (AvgIpc) is 2.99. The molecule has 3 atom stereocenters. The Bertz CT molecular complexity index is 483. The highest BCUT2D eigenvalue weighted by Gasteiger charge is 2.37. The Labute approximate surface area is 133 Å². The Morgan fingerprint density at radius 2 is 1.91 bits per heavy atom. The summed E-state index contributed by atoms with van der Waals surface area (Å²) in [7, 11) is 0. The third-order valence-electron chi connectivity index (χ3n) is 5.32. The molecule has 2 aliphatic rings. The zero-order valence-electron chi connectivity index (χ0n) is 13.6. The van der Waals surface area contributed by atoms with E-state index in [1.165, 1.54) is 36.8 Å². The Hall–Kier alpha value is -1.35. The van der Waals surface area contributed by atoms with Gasteiger partial charge in [-0.25, -0.2) is 0 Å². The fourth-order valence-corrected chi connectivity index (χ4v) is 3.92. The smallest absolute Gasteiger partial charge is 0.237 e. The van der Waals surface area contributed by atoms with Crippen molar-refractivity contribution < 1.29 is 4.79 Å². The van der Waals surface area contributed by atoms with Crippen LogP contribution in [0.5, 0.6) is 0 Å². The van der Waals surface area contributed by atoms with Gasteiger partial charge in [0.15, 0.2) is 0 Å². The van der Waals surface area contributed by atoms with Crippen LogP contribution in [0, 0.1) is 5.92 Å². The second-order valence-corrected chi connectivity index (χ2v) is 6.82. The number of hydrogen-bond donors (Lipinski definition) is 2. The van der Waals surface area contributed by atoms with Crippen molar-refractivity contribution in [1.29, 1.82) is 0 Å². The summed E-state index contributed by atoms with van der Waals surface area (Å²) in [6, 6.07) is 9.34. The molecule has 0 aromatic heterocycles. The molecule has 2 N–H and O–H groups in total. The maximum atomic E-state index is 12.3. The molecule has 3 nitrogen and oxygen atoms in total. The molecule has 1 saturated carbocycles. The first-order chi connectivity index (χ1) is 10.8. The molecule has 1 amide bonds. The number of rotatable bonds is 5. The van der Waals surface area contributed by atoms with Crippen LogP contribution in [0.4, 0.5) is 0 Å². The molecule has 0 bridgehead atoms. The molecule has 1 heterocycles. The zero-order chi connectivity index (χ0) is 15.4. The molecule has 3 rings (SSSR count). The number of nitrogens with one attached hydrogen (secondary N) is 2. The highest BCUT2D eigenvalue weighted by atomic mass is 16.2. The number of carbonyl (C=O) groups excluding carboxylic acids is 1. The van der Waals surface area contributed by atoms with Gasteiger partial charge in [-0.3, -0.25) is 4.79 Å². The van der Waals surface area contributed by atoms with Crippen LogP contribution in [0.3, 0.4) is 0 Å². The summed E-state index contributed by atoms with van der Waals surface area (Å²) in [6.07, 6.45) is 8.22. The number of fused-ring (bicyclic) bond motifs is 1. The largest absolute Gasteiger partial charge is 0.354 e. The van der Waals surface area contributed by atoms with Gasteiger partial charge in [-0.2, -0.15) is 0 Å². The first-order valence-electron chi connectivity index (χ1n) is 8.88. The lowest BCUT2D eigenvalue weighted by Crippen LogP contribution is -2.43. The van der Waals surface area contributed by atoms with Crippen molar-refractivity contribution in [2.75, 3.05) is 6.54 Å². The summed E-state index contributed by atoms with van der Waals surface area (Å²) >= 11 is 0. The van der Waals surface area contributed by atoms with E-state index in [4.69, 9.17) is 0 Å². The van der Waals surface area contributed by atoms with Gasteiger partial charge in [0, 0.05) is 12.6 Å². The van der Waals surface area contributed by atoms with Crippen molar-refractivity contribution in [3.05, 3.63) is 35.4 Å². The fourth-order valence-electron chi connectivity index (χ4n) is 3.92. The topological polar surface area (TPSA) is 41.1 Å². The van der Waals surface area contributed by atoms with Gasteiger partial charge in [0.25, 0.3) is 0 Å². The predicted molar refractivity (Wildman–Crippen MR) is 89.8 cm³/mol.